The smallest absolute Gasteiger partial charge is 0.181 e. The van der Waals surface area contributed by atoms with E-state index in [-0.39, 0.29) is 0 Å². The predicted molar refractivity (Wildman–Crippen MR) is 270 cm³/mol. The van der Waals surface area contributed by atoms with Crippen LogP contribution in [0.15, 0.2) is 255 Å². The van der Waals surface area contributed by atoms with Gasteiger partial charge in [0.25, 0.3) is 0 Å². The molecule has 2 aromatic heterocycles. The highest BCUT2D eigenvalue weighted by Gasteiger charge is 2.43. The van der Waals surface area contributed by atoms with Gasteiger partial charge in [0.05, 0.1) is 22.1 Å². The number of benzene rings is 10. The van der Waals surface area contributed by atoms with Crippen molar-refractivity contribution in [1.82, 2.24) is 9.13 Å². The Kier molecular flexibility index (Phi) is 8.87. The fourth-order valence-electron chi connectivity index (χ4n) is 10.3. The monoisotopic (exact) mass is 818 g/mol. The quantitative estimate of drug-likeness (QED) is 0.107. The van der Waals surface area contributed by atoms with E-state index >= 15 is 0 Å². The van der Waals surface area contributed by atoms with Gasteiger partial charge in [-0.1, -0.05) is 206 Å². The third-order valence-electron chi connectivity index (χ3n) is 13.0. The highest BCUT2D eigenvalue weighted by atomic mass is 28.3. The average molecular weight is 819 g/mol. The molecule has 2 nitrogen and oxygen atoms in total. The zero-order valence-corrected chi connectivity index (χ0v) is 35.6. The van der Waals surface area contributed by atoms with E-state index in [0.717, 1.165) is 11.4 Å². The predicted octanol–water partition coefficient (Wildman–Crippen LogP) is 12.6. The first-order valence-electron chi connectivity index (χ1n) is 21.8. The van der Waals surface area contributed by atoms with E-state index in [4.69, 9.17) is 0 Å². The van der Waals surface area contributed by atoms with Crippen LogP contribution in [0.2, 0.25) is 0 Å². The van der Waals surface area contributed by atoms with Crippen LogP contribution in [0, 0.1) is 0 Å². The van der Waals surface area contributed by atoms with Crippen molar-refractivity contribution >= 4 is 72.4 Å². The number of hydrogen-bond donors (Lipinski definition) is 0. The second kappa shape index (κ2) is 15.2. The lowest BCUT2D eigenvalue weighted by atomic mass is 10.0. The molecular weight excluding hydrogens is 777 g/mol. The Labute approximate surface area is 368 Å². The third-order valence-corrected chi connectivity index (χ3v) is 17.9. The summed E-state index contributed by atoms with van der Waals surface area (Å²) in [7, 11) is -2.96. The van der Waals surface area contributed by atoms with E-state index < -0.39 is 8.07 Å². The van der Waals surface area contributed by atoms with Crippen LogP contribution in [0.5, 0.6) is 0 Å². The average Bonchev–Trinajstić information content (AvgIpc) is 3.88. The molecule has 0 radical (unpaired) electrons. The van der Waals surface area contributed by atoms with Crippen molar-refractivity contribution in [2.45, 2.75) is 0 Å². The standard InChI is InChI=1S/C60H42N2Si/c1-6-20-43(21-7-1)45-24-18-25-47(40-45)61-56-34-17-16-32-52(56)55-42-48(37-39-57(55)61)62-58-38-36-46(44-22-8-2-9-23-44)41-54(58)53-33-19-35-59(60(53)62)63(49-26-10-3-11-27-49,50-28-12-4-13-29-50)51-30-14-5-15-31-51/h1-42H. The number of para-hydroxylation sites is 2. The van der Waals surface area contributed by atoms with Crippen molar-refractivity contribution in [3.05, 3.63) is 255 Å². The summed E-state index contributed by atoms with van der Waals surface area (Å²) in [6.45, 7) is 0. The van der Waals surface area contributed by atoms with Crippen molar-refractivity contribution in [3.63, 3.8) is 0 Å². The first-order valence-corrected chi connectivity index (χ1v) is 23.8. The van der Waals surface area contributed by atoms with Crippen molar-refractivity contribution in [2.24, 2.45) is 0 Å². The fraction of sp³-hybridized carbons (Fsp3) is 0. The molecule has 10 aromatic carbocycles. The summed E-state index contributed by atoms with van der Waals surface area (Å²) in [5, 5.41) is 10.4. The minimum atomic E-state index is -2.96. The molecular formula is C60H42N2Si. The summed E-state index contributed by atoms with van der Waals surface area (Å²) in [5.74, 6) is 0. The number of rotatable bonds is 8. The Balaban J connectivity index is 1.19. The molecule has 0 unspecified atom stereocenters. The molecule has 0 amide bonds. The maximum atomic E-state index is 2.58. The topological polar surface area (TPSA) is 9.86 Å². The van der Waals surface area contributed by atoms with Gasteiger partial charge in [0, 0.05) is 32.9 Å². The molecule has 0 N–H and O–H groups in total. The molecule has 0 saturated heterocycles. The highest BCUT2D eigenvalue weighted by Crippen LogP contribution is 2.39. The summed E-state index contributed by atoms with van der Waals surface area (Å²) < 4.78 is 5.01. The molecule has 0 saturated carbocycles. The lowest BCUT2D eigenvalue weighted by Crippen LogP contribution is -2.75. The Morgan fingerprint density at radius 3 is 1.33 bits per heavy atom. The zero-order chi connectivity index (χ0) is 41.7. The molecule has 3 heteroatoms. The minimum absolute atomic E-state index is 1.14. The maximum absolute atomic E-state index is 2.96. The van der Waals surface area contributed by atoms with Crippen molar-refractivity contribution < 1.29 is 0 Å². The van der Waals surface area contributed by atoms with Crippen molar-refractivity contribution in [2.75, 3.05) is 0 Å². The Morgan fingerprint density at radius 1 is 0.254 bits per heavy atom. The molecule has 0 aliphatic heterocycles. The van der Waals surface area contributed by atoms with Crippen molar-refractivity contribution in [1.29, 1.82) is 0 Å². The van der Waals surface area contributed by atoms with Gasteiger partial charge < -0.3 is 9.13 Å². The van der Waals surface area contributed by atoms with E-state index in [1.54, 1.807) is 0 Å². The lowest BCUT2D eigenvalue weighted by molar-refractivity contribution is 1.17. The van der Waals surface area contributed by atoms with E-state index in [1.165, 1.54) is 86.6 Å². The van der Waals surface area contributed by atoms with Gasteiger partial charge in [-0.25, -0.2) is 0 Å². The summed E-state index contributed by atoms with van der Waals surface area (Å²) in [5.41, 5.74) is 11.9. The van der Waals surface area contributed by atoms with E-state index in [9.17, 15) is 0 Å². The minimum Gasteiger partial charge on any atom is -0.309 e. The summed E-state index contributed by atoms with van der Waals surface area (Å²) in [6.07, 6.45) is 0. The zero-order valence-electron chi connectivity index (χ0n) is 34.6. The molecule has 0 aliphatic carbocycles. The fourth-order valence-corrected chi connectivity index (χ4v) is 15.3. The molecule has 63 heavy (non-hydrogen) atoms. The molecule has 12 aromatic rings. The van der Waals surface area contributed by atoms with Gasteiger partial charge in [-0.2, -0.15) is 0 Å². The van der Waals surface area contributed by atoms with Crippen LogP contribution in [-0.4, -0.2) is 17.2 Å². The Hall–Kier alpha value is -7.98. The summed E-state index contributed by atoms with van der Waals surface area (Å²) in [4.78, 5) is 0. The normalized spacial score (nSPS) is 11.8. The molecule has 296 valence electrons. The molecule has 12 rings (SSSR count). The number of hydrogen-bond acceptors (Lipinski definition) is 0. The van der Waals surface area contributed by atoms with Gasteiger partial charge in [-0.15, -0.1) is 0 Å². The van der Waals surface area contributed by atoms with E-state index in [2.05, 4.69) is 264 Å². The molecule has 0 aliphatic rings. The summed E-state index contributed by atoms with van der Waals surface area (Å²) in [6, 6.07) is 94.4. The van der Waals surface area contributed by atoms with Gasteiger partial charge >= 0.3 is 0 Å². The van der Waals surface area contributed by atoms with Crippen LogP contribution >= 0.6 is 0 Å². The van der Waals surface area contributed by atoms with Crippen molar-refractivity contribution in [3.8, 4) is 33.6 Å². The molecule has 0 bridgehead atoms. The third kappa shape index (κ3) is 5.93. The lowest BCUT2D eigenvalue weighted by Gasteiger charge is -2.35. The first-order chi connectivity index (χ1) is 31.3. The molecule has 0 fully saturated rings. The Morgan fingerprint density at radius 2 is 0.698 bits per heavy atom. The second-order valence-corrected chi connectivity index (χ2v) is 20.2. The largest absolute Gasteiger partial charge is 0.309 e. The van der Waals surface area contributed by atoms with Gasteiger partial charge in [0.2, 0.25) is 0 Å². The molecule has 2 heterocycles. The van der Waals surface area contributed by atoms with Gasteiger partial charge in [-0.05, 0) is 91.5 Å². The first kappa shape index (κ1) is 36.8. The SMILES string of the molecule is c1ccc(-c2cccc(-n3c4ccccc4c4cc(-n5c6ccc(-c7ccccc7)cc6c6cccc([Si](c7ccccc7)(c7ccccc7)c7ccccc7)c65)ccc43)c2)cc1. The van der Waals surface area contributed by atoms with E-state index in [0.29, 0.717) is 0 Å². The van der Waals surface area contributed by atoms with Gasteiger partial charge in [-0.3, -0.25) is 0 Å². The highest BCUT2D eigenvalue weighted by molar-refractivity contribution is 7.20. The second-order valence-electron chi connectivity index (χ2n) is 16.5. The summed E-state index contributed by atoms with van der Waals surface area (Å²) >= 11 is 0. The Bertz CT molecular complexity index is 3500. The molecule has 0 spiro atoms. The molecule has 0 atom stereocenters. The number of aromatic nitrogens is 2. The van der Waals surface area contributed by atoms with E-state index in [1.807, 2.05) is 0 Å². The van der Waals surface area contributed by atoms with Gasteiger partial charge in [0.15, 0.2) is 8.07 Å². The van der Waals surface area contributed by atoms with Crippen LogP contribution in [0.3, 0.4) is 0 Å². The van der Waals surface area contributed by atoms with Gasteiger partial charge in [0.1, 0.15) is 0 Å². The van der Waals surface area contributed by atoms with Crippen LogP contribution in [0.25, 0.3) is 77.2 Å². The van der Waals surface area contributed by atoms with Crippen LogP contribution in [0.1, 0.15) is 0 Å². The van der Waals surface area contributed by atoms with Crippen LogP contribution in [-0.2, 0) is 0 Å². The maximum Gasteiger partial charge on any atom is 0.181 e. The van der Waals surface area contributed by atoms with Crippen LogP contribution in [0.4, 0.5) is 0 Å². The number of fused-ring (bicyclic) bond motifs is 6. The number of nitrogens with zero attached hydrogens (tertiary/aromatic N) is 2. The van der Waals surface area contributed by atoms with Crippen LogP contribution < -0.4 is 20.7 Å².